The number of para-hydroxylation sites is 1. The van der Waals surface area contributed by atoms with Gasteiger partial charge in [-0.3, -0.25) is 14.2 Å². The Morgan fingerprint density at radius 3 is 2.44 bits per heavy atom. The second-order valence-electron chi connectivity index (χ2n) is 8.83. The zero-order chi connectivity index (χ0) is 23.8. The van der Waals surface area contributed by atoms with Crippen molar-refractivity contribution in [2.45, 2.75) is 62.9 Å². The molecule has 1 aliphatic carbocycles. The molecule has 1 N–H and O–H groups in total. The Kier molecular flexibility index (Phi) is 8.52. The Balaban J connectivity index is 1.42. The summed E-state index contributed by atoms with van der Waals surface area (Å²) in [5.74, 6) is 1.82. The van der Waals surface area contributed by atoms with Gasteiger partial charge in [0, 0.05) is 31.1 Å². The summed E-state index contributed by atoms with van der Waals surface area (Å²) in [7, 11) is 0. The van der Waals surface area contributed by atoms with Crippen molar-refractivity contribution >= 4 is 23.5 Å². The van der Waals surface area contributed by atoms with Gasteiger partial charge < -0.3 is 5.32 Å². The molecule has 1 aliphatic rings. The highest BCUT2D eigenvalue weighted by Crippen LogP contribution is 2.32. The minimum absolute atomic E-state index is 0.0361. The third-order valence-corrected chi connectivity index (χ3v) is 7.24. The molecule has 0 atom stereocenters. The molecule has 3 aromatic rings. The van der Waals surface area contributed by atoms with Gasteiger partial charge >= 0.3 is 0 Å². The van der Waals surface area contributed by atoms with Crippen LogP contribution in [0, 0.1) is 0 Å². The summed E-state index contributed by atoms with van der Waals surface area (Å²) in [4.78, 5) is 24.0. The monoisotopic (exact) mass is 476 g/mol. The summed E-state index contributed by atoms with van der Waals surface area (Å²) < 4.78 is 2.01. The SMILES string of the molecule is CC(=O)NCCCc1nnc(SCC(=O)c2ccc(C3CCCCC3)cc2)n1-c1ccccc1. The predicted octanol–water partition coefficient (Wildman–Crippen LogP) is 5.36. The number of carbonyl (C=O) groups excluding carboxylic acids is 2. The zero-order valence-corrected chi connectivity index (χ0v) is 20.5. The molecular weight excluding hydrogens is 444 g/mol. The Morgan fingerprint density at radius 2 is 1.74 bits per heavy atom. The fourth-order valence-corrected chi connectivity index (χ4v) is 5.36. The summed E-state index contributed by atoms with van der Waals surface area (Å²) in [6, 6.07) is 18.2. The summed E-state index contributed by atoms with van der Waals surface area (Å²) in [5.41, 5.74) is 3.07. The molecule has 7 heteroatoms. The molecule has 34 heavy (non-hydrogen) atoms. The van der Waals surface area contributed by atoms with Crippen LogP contribution in [0.5, 0.6) is 0 Å². The number of aryl methyl sites for hydroxylation is 1. The van der Waals surface area contributed by atoms with Gasteiger partial charge in [0.25, 0.3) is 0 Å². The lowest BCUT2D eigenvalue weighted by Gasteiger charge is -2.22. The van der Waals surface area contributed by atoms with Gasteiger partial charge in [0.1, 0.15) is 5.82 Å². The maximum atomic E-state index is 12.9. The molecule has 1 fully saturated rings. The Hall–Kier alpha value is -2.93. The van der Waals surface area contributed by atoms with Crippen LogP contribution in [0.25, 0.3) is 5.69 Å². The van der Waals surface area contributed by atoms with Gasteiger partial charge in [-0.1, -0.05) is 73.5 Å². The lowest BCUT2D eigenvalue weighted by molar-refractivity contribution is -0.118. The van der Waals surface area contributed by atoms with Crippen LogP contribution in [0.4, 0.5) is 0 Å². The van der Waals surface area contributed by atoms with Crippen molar-refractivity contribution in [3.63, 3.8) is 0 Å². The second kappa shape index (κ2) is 12.0. The van der Waals surface area contributed by atoms with Crippen LogP contribution >= 0.6 is 11.8 Å². The van der Waals surface area contributed by atoms with Gasteiger partial charge in [-0.25, -0.2) is 0 Å². The van der Waals surface area contributed by atoms with Crippen LogP contribution in [0.1, 0.15) is 73.1 Å². The maximum absolute atomic E-state index is 12.9. The number of hydrogen-bond donors (Lipinski definition) is 1. The summed E-state index contributed by atoms with van der Waals surface area (Å²) in [5, 5.41) is 12.3. The van der Waals surface area contributed by atoms with E-state index >= 15 is 0 Å². The fraction of sp³-hybridized carbons (Fsp3) is 0.407. The number of aromatic nitrogens is 3. The highest BCUT2D eigenvalue weighted by Gasteiger charge is 2.18. The Morgan fingerprint density at radius 1 is 1.00 bits per heavy atom. The van der Waals surface area contributed by atoms with Gasteiger partial charge in [0.05, 0.1) is 5.75 Å². The lowest BCUT2D eigenvalue weighted by atomic mass is 9.84. The Bertz CT molecular complexity index is 1090. The summed E-state index contributed by atoms with van der Waals surface area (Å²) >= 11 is 1.41. The first-order chi connectivity index (χ1) is 16.6. The topological polar surface area (TPSA) is 76.9 Å². The van der Waals surface area contributed by atoms with Gasteiger partial charge in [0.15, 0.2) is 10.9 Å². The molecule has 4 rings (SSSR count). The van der Waals surface area contributed by atoms with Crippen LogP contribution in [-0.2, 0) is 11.2 Å². The van der Waals surface area contributed by atoms with E-state index in [1.165, 1.54) is 56.4 Å². The van der Waals surface area contributed by atoms with Crippen LogP contribution in [0.2, 0.25) is 0 Å². The summed E-state index contributed by atoms with van der Waals surface area (Å²) in [6.07, 6.45) is 7.91. The number of thioether (sulfide) groups is 1. The number of benzene rings is 2. The van der Waals surface area contributed by atoms with Crippen molar-refractivity contribution in [3.8, 4) is 5.69 Å². The number of hydrogen-bond acceptors (Lipinski definition) is 5. The van der Waals surface area contributed by atoms with Gasteiger partial charge in [-0.15, -0.1) is 10.2 Å². The summed E-state index contributed by atoms with van der Waals surface area (Å²) in [6.45, 7) is 2.11. The standard InChI is InChI=1S/C27H32N4O2S/c1-20(32)28-18-8-13-26-29-30-27(31(26)24-11-6-3-7-12-24)34-19-25(33)23-16-14-22(15-17-23)21-9-4-2-5-10-21/h3,6-7,11-12,14-17,21H,2,4-5,8-10,13,18-19H2,1H3,(H,28,32). The van der Waals surface area contributed by atoms with E-state index in [9.17, 15) is 9.59 Å². The van der Waals surface area contributed by atoms with Crippen LogP contribution in [0.15, 0.2) is 59.8 Å². The van der Waals surface area contributed by atoms with Crippen molar-refractivity contribution in [3.05, 3.63) is 71.5 Å². The van der Waals surface area contributed by atoms with Crippen LogP contribution in [0.3, 0.4) is 0 Å². The van der Waals surface area contributed by atoms with Crippen molar-refractivity contribution < 1.29 is 9.59 Å². The highest BCUT2D eigenvalue weighted by atomic mass is 32.2. The number of rotatable bonds is 10. The van der Waals surface area contributed by atoms with Crippen molar-refractivity contribution in [1.29, 1.82) is 0 Å². The van der Waals surface area contributed by atoms with E-state index in [2.05, 4.69) is 27.6 Å². The first-order valence-corrected chi connectivity index (χ1v) is 13.1. The number of Topliss-reactive ketones (excluding diaryl/α,β-unsaturated/α-hetero) is 1. The highest BCUT2D eigenvalue weighted by molar-refractivity contribution is 7.99. The smallest absolute Gasteiger partial charge is 0.216 e. The zero-order valence-electron chi connectivity index (χ0n) is 19.7. The molecule has 2 aromatic carbocycles. The van der Waals surface area contributed by atoms with Crippen LogP contribution in [-0.4, -0.2) is 38.8 Å². The van der Waals surface area contributed by atoms with E-state index in [1.54, 1.807) is 0 Å². The lowest BCUT2D eigenvalue weighted by Crippen LogP contribution is -2.21. The van der Waals surface area contributed by atoms with Crippen molar-refractivity contribution in [2.24, 2.45) is 0 Å². The molecule has 1 aromatic heterocycles. The van der Waals surface area contributed by atoms with E-state index in [0.717, 1.165) is 23.5 Å². The van der Waals surface area contributed by atoms with E-state index in [-0.39, 0.29) is 11.7 Å². The molecule has 178 valence electrons. The first kappa shape index (κ1) is 24.2. The second-order valence-corrected chi connectivity index (χ2v) is 9.77. The molecule has 0 spiro atoms. The van der Waals surface area contributed by atoms with E-state index < -0.39 is 0 Å². The van der Waals surface area contributed by atoms with Crippen molar-refractivity contribution in [2.75, 3.05) is 12.3 Å². The predicted molar refractivity (Wildman–Crippen MR) is 136 cm³/mol. The maximum Gasteiger partial charge on any atom is 0.216 e. The molecule has 1 amide bonds. The number of nitrogens with one attached hydrogen (secondary N) is 1. The average Bonchev–Trinajstić information content (AvgIpc) is 3.29. The van der Waals surface area contributed by atoms with Gasteiger partial charge in [-0.2, -0.15) is 0 Å². The van der Waals surface area contributed by atoms with Gasteiger partial charge in [-0.05, 0) is 42.9 Å². The molecule has 1 heterocycles. The third-order valence-electron chi connectivity index (χ3n) is 6.31. The van der Waals surface area contributed by atoms with E-state index in [4.69, 9.17) is 0 Å². The third kappa shape index (κ3) is 6.35. The molecule has 0 unspecified atom stereocenters. The first-order valence-electron chi connectivity index (χ1n) is 12.1. The Labute approximate surface area is 205 Å². The molecule has 0 radical (unpaired) electrons. The molecule has 6 nitrogen and oxygen atoms in total. The van der Waals surface area contributed by atoms with Gasteiger partial charge in [0.2, 0.25) is 5.91 Å². The van der Waals surface area contributed by atoms with Crippen molar-refractivity contribution in [1.82, 2.24) is 20.1 Å². The molecule has 0 bridgehead atoms. The van der Waals surface area contributed by atoms with Crippen LogP contribution < -0.4 is 5.32 Å². The minimum Gasteiger partial charge on any atom is -0.356 e. The molecule has 0 saturated heterocycles. The quantitative estimate of drug-likeness (QED) is 0.242. The average molecular weight is 477 g/mol. The number of amides is 1. The normalized spacial score (nSPS) is 14.1. The molecular formula is C27H32N4O2S. The van der Waals surface area contributed by atoms with E-state index in [1.807, 2.05) is 47.0 Å². The fourth-order valence-electron chi connectivity index (χ4n) is 4.49. The molecule has 1 saturated carbocycles. The number of nitrogens with zero attached hydrogens (tertiary/aromatic N) is 3. The molecule has 0 aliphatic heterocycles. The number of ketones is 1. The minimum atomic E-state index is -0.0361. The number of carbonyl (C=O) groups is 2. The van der Waals surface area contributed by atoms with E-state index in [0.29, 0.717) is 29.8 Å². The largest absolute Gasteiger partial charge is 0.356 e.